The molecule has 1 amide bonds. The minimum Gasteiger partial charge on any atom is -0.369 e. The molecule has 1 fully saturated rings. The van der Waals surface area contributed by atoms with Crippen LogP contribution in [0.15, 0.2) is 54.6 Å². The lowest BCUT2D eigenvalue weighted by atomic mass is 10.1. The number of carbonyl (C=O) groups is 1. The molecule has 2 aliphatic rings. The molecule has 0 aromatic heterocycles. The highest BCUT2D eigenvalue weighted by Crippen LogP contribution is 2.27. The molecule has 4 rings (SSSR count). The van der Waals surface area contributed by atoms with Gasteiger partial charge in [-0.15, -0.1) is 0 Å². The number of benzene rings is 2. The number of para-hydroxylation sites is 2. The fourth-order valence-corrected chi connectivity index (χ4v) is 4.11. The highest BCUT2D eigenvalue weighted by molar-refractivity contribution is 6.01. The van der Waals surface area contributed by atoms with Gasteiger partial charge in [-0.2, -0.15) is 0 Å². The summed E-state index contributed by atoms with van der Waals surface area (Å²) in [6, 6.07) is 18.6. The minimum atomic E-state index is 0.0465. The first kappa shape index (κ1) is 17.9. The lowest BCUT2D eigenvalue weighted by Gasteiger charge is -2.41. The molecule has 1 saturated heterocycles. The third-order valence-corrected chi connectivity index (χ3v) is 5.67. The fourth-order valence-electron chi connectivity index (χ4n) is 4.11. The Bertz CT molecular complexity index is 771. The van der Waals surface area contributed by atoms with E-state index in [2.05, 4.69) is 63.3 Å². The number of piperazine rings is 1. The van der Waals surface area contributed by atoms with Gasteiger partial charge in [-0.05, 0) is 30.7 Å². The summed E-state index contributed by atoms with van der Waals surface area (Å²) in [7, 11) is 0. The first-order valence-electron chi connectivity index (χ1n) is 9.95. The van der Waals surface area contributed by atoms with Crippen LogP contribution in [-0.4, -0.2) is 56.2 Å². The SMILES string of the molecule is CCC1NC(=O)c2ccccc2N1CCN1CCN(c2ccccc2)CC1. The molecule has 27 heavy (non-hydrogen) atoms. The molecule has 0 bridgehead atoms. The lowest BCUT2D eigenvalue weighted by Crippen LogP contribution is -2.55. The molecule has 0 radical (unpaired) electrons. The van der Waals surface area contributed by atoms with Gasteiger partial charge in [0, 0.05) is 45.0 Å². The van der Waals surface area contributed by atoms with Gasteiger partial charge >= 0.3 is 0 Å². The average Bonchev–Trinajstić information content (AvgIpc) is 2.74. The van der Waals surface area contributed by atoms with Crippen molar-refractivity contribution in [3.05, 3.63) is 60.2 Å². The van der Waals surface area contributed by atoms with Gasteiger partial charge in [-0.25, -0.2) is 0 Å². The summed E-state index contributed by atoms with van der Waals surface area (Å²) < 4.78 is 0. The Balaban J connectivity index is 1.37. The maximum Gasteiger partial charge on any atom is 0.254 e. The van der Waals surface area contributed by atoms with Crippen molar-refractivity contribution in [2.24, 2.45) is 0 Å². The zero-order valence-electron chi connectivity index (χ0n) is 16.0. The van der Waals surface area contributed by atoms with Crippen LogP contribution >= 0.6 is 0 Å². The third-order valence-electron chi connectivity index (χ3n) is 5.67. The number of hydrogen-bond donors (Lipinski definition) is 1. The topological polar surface area (TPSA) is 38.8 Å². The number of nitrogens with one attached hydrogen (secondary N) is 1. The second kappa shape index (κ2) is 8.01. The fraction of sp³-hybridized carbons (Fsp3) is 0.409. The Hall–Kier alpha value is -2.53. The maximum atomic E-state index is 12.3. The summed E-state index contributed by atoms with van der Waals surface area (Å²) >= 11 is 0. The van der Waals surface area contributed by atoms with Crippen molar-refractivity contribution in [2.75, 3.05) is 49.1 Å². The summed E-state index contributed by atoms with van der Waals surface area (Å²) in [5, 5.41) is 3.15. The van der Waals surface area contributed by atoms with Gasteiger partial charge in [0.2, 0.25) is 0 Å². The lowest BCUT2D eigenvalue weighted by molar-refractivity contribution is 0.0924. The van der Waals surface area contributed by atoms with E-state index in [1.807, 2.05) is 18.2 Å². The molecule has 0 spiro atoms. The number of carbonyl (C=O) groups excluding carboxylic acids is 1. The van der Waals surface area contributed by atoms with E-state index in [4.69, 9.17) is 0 Å². The number of fused-ring (bicyclic) bond motifs is 1. The van der Waals surface area contributed by atoms with Gasteiger partial charge in [0.25, 0.3) is 5.91 Å². The van der Waals surface area contributed by atoms with Crippen molar-refractivity contribution >= 4 is 17.3 Å². The zero-order valence-corrected chi connectivity index (χ0v) is 16.0. The molecular weight excluding hydrogens is 336 g/mol. The van der Waals surface area contributed by atoms with E-state index < -0.39 is 0 Å². The van der Waals surface area contributed by atoms with E-state index in [1.165, 1.54) is 5.69 Å². The molecule has 2 aromatic rings. The highest BCUT2D eigenvalue weighted by atomic mass is 16.2. The normalized spacial score (nSPS) is 20.3. The number of nitrogens with zero attached hydrogens (tertiary/aromatic N) is 3. The Kier molecular flexibility index (Phi) is 5.30. The summed E-state index contributed by atoms with van der Waals surface area (Å²) in [6.07, 6.45) is 0.986. The summed E-state index contributed by atoms with van der Waals surface area (Å²) in [5.41, 5.74) is 3.17. The van der Waals surface area contributed by atoms with Crippen LogP contribution in [0.5, 0.6) is 0 Å². The standard InChI is InChI=1S/C22H28N4O/c1-2-21-23-22(27)19-10-6-7-11-20(19)26(21)17-14-24-12-15-25(16-13-24)18-8-4-3-5-9-18/h3-11,21H,2,12-17H2,1H3,(H,23,27). The molecule has 1 atom stereocenters. The van der Waals surface area contributed by atoms with Crippen LogP contribution in [0.3, 0.4) is 0 Å². The molecule has 2 heterocycles. The van der Waals surface area contributed by atoms with Crippen LogP contribution in [0, 0.1) is 0 Å². The van der Waals surface area contributed by atoms with Gasteiger partial charge in [0.1, 0.15) is 6.17 Å². The van der Waals surface area contributed by atoms with Crippen LogP contribution in [0.4, 0.5) is 11.4 Å². The van der Waals surface area contributed by atoms with Crippen LogP contribution in [0.2, 0.25) is 0 Å². The molecular formula is C22H28N4O. The van der Waals surface area contributed by atoms with Gasteiger partial charge < -0.3 is 15.1 Å². The molecule has 0 saturated carbocycles. The monoisotopic (exact) mass is 364 g/mol. The first-order valence-corrected chi connectivity index (χ1v) is 9.95. The quantitative estimate of drug-likeness (QED) is 0.886. The summed E-state index contributed by atoms with van der Waals surface area (Å²) in [5.74, 6) is 0.0465. The summed E-state index contributed by atoms with van der Waals surface area (Å²) in [6.45, 7) is 8.36. The molecule has 5 nitrogen and oxygen atoms in total. The largest absolute Gasteiger partial charge is 0.369 e. The molecule has 2 aliphatic heterocycles. The van der Waals surface area contributed by atoms with Gasteiger partial charge in [-0.1, -0.05) is 37.3 Å². The number of anilines is 2. The van der Waals surface area contributed by atoms with Crippen LogP contribution < -0.4 is 15.1 Å². The molecule has 2 aromatic carbocycles. The second-order valence-electron chi connectivity index (χ2n) is 7.27. The third kappa shape index (κ3) is 3.78. The van der Waals surface area contributed by atoms with Crippen molar-refractivity contribution in [3.63, 3.8) is 0 Å². The van der Waals surface area contributed by atoms with E-state index >= 15 is 0 Å². The van der Waals surface area contributed by atoms with Gasteiger partial charge in [0.05, 0.1) is 11.3 Å². The van der Waals surface area contributed by atoms with Gasteiger partial charge in [-0.3, -0.25) is 9.69 Å². The Morgan fingerprint density at radius 3 is 2.37 bits per heavy atom. The predicted molar refractivity (Wildman–Crippen MR) is 110 cm³/mol. The van der Waals surface area contributed by atoms with Crippen LogP contribution in [0.25, 0.3) is 0 Å². The van der Waals surface area contributed by atoms with E-state index in [9.17, 15) is 4.79 Å². The van der Waals surface area contributed by atoms with E-state index in [0.717, 1.165) is 56.9 Å². The Morgan fingerprint density at radius 2 is 1.63 bits per heavy atom. The van der Waals surface area contributed by atoms with E-state index in [0.29, 0.717) is 0 Å². The molecule has 142 valence electrons. The second-order valence-corrected chi connectivity index (χ2v) is 7.27. The van der Waals surface area contributed by atoms with Crippen molar-refractivity contribution in [2.45, 2.75) is 19.5 Å². The molecule has 5 heteroatoms. The van der Waals surface area contributed by atoms with Crippen molar-refractivity contribution in [3.8, 4) is 0 Å². The Labute approximate surface area is 161 Å². The molecule has 1 N–H and O–H groups in total. The number of amides is 1. The maximum absolute atomic E-state index is 12.3. The summed E-state index contributed by atoms with van der Waals surface area (Å²) in [4.78, 5) is 19.7. The average molecular weight is 364 g/mol. The highest BCUT2D eigenvalue weighted by Gasteiger charge is 2.29. The number of hydrogen-bond acceptors (Lipinski definition) is 4. The minimum absolute atomic E-state index is 0.0465. The van der Waals surface area contributed by atoms with Crippen molar-refractivity contribution in [1.29, 1.82) is 0 Å². The first-order chi connectivity index (χ1) is 13.3. The smallest absolute Gasteiger partial charge is 0.254 e. The van der Waals surface area contributed by atoms with E-state index in [1.54, 1.807) is 0 Å². The predicted octanol–water partition coefficient (Wildman–Crippen LogP) is 2.79. The van der Waals surface area contributed by atoms with Crippen LogP contribution in [0.1, 0.15) is 23.7 Å². The molecule has 1 unspecified atom stereocenters. The molecule has 0 aliphatic carbocycles. The zero-order chi connectivity index (χ0) is 18.6. The van der Waals surface area contributed by atoms with Crippen molar-refractivity contribution in [1.82, 2.24) is 10.2 Å². The van der Waals surface area contributed by atoms with E-state index in [-0.39, 0.29) is 12.1 Å². The van der Waals surface area contributed by atoms with Crippen LogP contribution in [-0.2, 0) is 0 Å². The van der Waals surface area contributed by atoms with Crippen molar-refractivity contribution < 1.29 is 4.79 Å². The van der Waals surface area contributed by atoms with Gasteiger partial charge in [0.15, 0.2) is 0 Å². The Morgan fingerprint density at radius 1 is 0.926 bits per heavy atom. The number of rotatable bonds is 5.